The van der Waals surface area contributed by atoms with Crippen LogP contribution in [0.1, 0.15) is 17.8 Å². The lowest BCUT2D eigenvalue weighted by molar-refractivity contribution is 0.174. The lowest BCUT2D eigenvalue weighted by Crippen LogP contribution is -2.01. The Morgan fingerprint density at radius 2 is 2.18 bits per heavy atom. The van der Waals surface area contributed by atoms with Crippen LogP contribution in [-0.4, -0.2) is 11.8 Å². The van der Waals surface area contributed by atoms with E-state index in [-0.39, 0.29) is 6.04 Å². The third-order valence-electron chi connectivity index (χ3n) is 2.59. The average Bonchev–Trinajstić information content (AvgIpc) is 2.97. The lowest BCUT2D eigenvalue weighted by Gasteiger charge is -2.00. The standard InChI is InChI=1S/C12H12N2O2S/c1-7(13)11-5-14-12(17-11)8-2-3-9-10(4-8)16-6-15-9/h2-5,7H,6,13H2,1H3. The fourth-order valence-corrected chi connectivity index (χ4v) is 2.52. The maximum absolute atomic E-state index is 5.82. The highest BCUT2D eigenvalue weighted by Gasteiger charge is 2.15. The Balaban J connectivity index is 1.97. The van der Waals surface area contributed by atoms with Crippen molar-refractivity contribution >= 4 is 11.3 Å². The van der Waals surface area contributed by atoms with E-state index in [9.17, 15) is 0 Å². The van der Waals surface area contributed by atoms with Crippen molar-refractivity contribution in [2.45, 2.75) is 13.0 Å². The zero-order valence-electron chi connectivity index (χ0n) is 9.34. The molecule has 0 fully saturated rings. The zero-order chi connectivity index (χ0) is 11.8. The van der Waals surface area contributed by atoms with E-state index < -0.39 is 0 Å². The van der Waals surface area contributed by atoms with Gasteiger partial charge in [-0.2, -0.15) is 0 Å². The van der Waals surface area contributed by atoms with Gasteiger partial charge in [-0.15, -0.1) is 11.3 Å². The molecule has 1 aromatic carbocycles. The topological polar surface area (TPSA) is 57.4 Å². The van der Waals surface area contributed by atoms with Crippen LogP contribution in [-0.2, 0) is 0 Å². The molecule has 88 valence electrons. The number of hydrogen-bond acceptors (Lipinski definition) is 5. The van der Waals surface area contributed by atoms with E-state index in [0.29, 0.717) is 6.79 Å². The minimum Gasteiger partial charge on any atom is -0.454 e. The molecule has 5 heteroatoms. The second-order valence-corrected chi connectivity index (χ2v) is 4.99. The molecule has 1 atom stereocenters. The van der Waals surface area contributed by atoms with E-state index in [1.807, 2.05) is 31.3 Å². The maximum Gasteiger partial charge on any atom is 0.231 e. The van der Waals surface area contributed by atoms with E-state index in [1.165, 1.54) is 0 Å². The zero-order valence-corrected chi connectivity index (χ0v) is 10.2. The molecule has 1 aliphatic rings. The van der Waals surface area contributed by atoms with Crippen LogP contribution in [0.2, 0.25) is 0 Å². The van der Waals surface area contributed by atoms with Gasteiger partial charge in [0, 0.05) is 22.7 Å². The molecule has 0 bridgehead atoms. The van der Waals surface area contributed by atoms with Gasteiger partial charge < -0.3 is 15.2 Å². The van der Waals surface area contributed by atoms with E-state index in [2.05, 4.69) is 4.98 Å². The molecule has 17 heavy (non-hydrogen) atoms. The SMILES string of the molecule is CC(N)c1cnc(-c2ccc3c(c2)OCO3)s1. The van der Waals surface area contributed by atoms with Crippen LogP contribution in [0.5, 0.6) is 11.5 Å². The molecular weight excluding hydrogens is 236 g/mol. The van der Waals surface area contributed by atoms with Crippen LogP contribution in [0.4, 0.5) is 0 Å². The number of aromatic nitrogens is 1. The largest absolute Gasteiger partial charge is 0.454 e. The Hall–Kier alpha value is -1.59. The van der Waals surface area contributed by atoms with Crippen molar-refractivity contribution in [2.75, 3.05) is 6.79 Å². The van der Waals surface area contributed by atoms with Crippen molar-refractivity contribution in [3.63, 3.8) is 0 Å². The number of benzene rings is 1. The van der Waals surface area contributed by atoms with Crippen LogP contribution < -0.4 is 15.2 Å². The first-order valence-electron chi connectivity index (χ1n) is 5.35. The van der Waals surface area contributed by atoms with Crippen LogP contribution in [0, 0.1) is 0 Å². The summed E-state index contributed by atoms with van der Waals surface area (Å²) in [6, 6.07) is 5.86. The highest BCUT2D eigenvalue weighted by molar-refractivity contribution is 7.15. The summed E-state index contributed by atoms with van der Waals surface area (Å²) in [4.78, 5) is 5.46. The van der Waals surface area contributed by atoms with Gasteiger partial charge in [-0.25, -0.2) is 4.98 Å². The molecule has 2 aromatic rings. The summed E-state index contributed by atoms with van der Waals surface area (Å²) in [7, 11) is 0. The molecule has 0 saturated heterocycles. The van der Waals surface area contributed by atoms with Crippen LogP contribution in [0.3, 0.4) is 0 Å². The van der Waals surface area contributed by atoms with Gasteiger partial charge in [-0.3, -0.25) is 0 Å². The first-order valence-corrected chi connectivity index (χ1v) is 6.17. The Morgan fingerprint density at radius 1 is 1.35 bits per heavy atom. The van der Waals surface area contributed by atoms with Crippen LogP contribution in [0.15, 0.2) is 24.4 Å². The number of rotatable bonds is 2. The van der Waals surface area contributed by atoms with Crippen molar-refractivity contribution in [1.82, 2.24) is 4.98 Å². The third-order valence-corrected chi connectivity index (χ3v) is 3.84. The Bertz CT molecular complexity index is 551. The van der Waals surface area contributed by atoms with Crippen LogP contribution in [0.25, 0.3) is 10.6 Å². The monoisotopic (exact) mass is 248 g/mol. The maximum atomic E-state index is 5.82. The highest BCUT2D eigenvalue weighted by Crippen LogP contribution is 2.37. The summed E-state index contributed by atoms with van der Waals surface area (Å²) in [5, 5.41) is 0.954. The van der Waals surface area contributed by atoms with E-state index in [0.717, 1.165) is 26.9 Å². The summed E-state index contributed by atoms with van der Waals surface area (Å²) in [6.45, 7) is 2.25. The van der Waals surface area contributed by atoms with E-state index >= 15 is 0 Å². The molecule has 0 spiro atoms. The average molecular weight is 248 g/mol. The molecule has 1 aromatic heterocycles. The highest BCUT2D eigenvalue weighted by atomic mass is 32.1. The molecule has 3 rings (SSSR count). The number of hydrogen-bond donors (Lipinski definition) is 1. The van der Waals surface area contributed by atoms with Crippen molar-refractivity contribution in [3.8, 4) is 22.1 Å². The normalized spacial score (nSPS) is 14.9. The summed E-state index contributed by atoms with van der Waals surface area (Å²) >= 11 is 1.61. The molecule has 2 N–H and O–H groups in total. The molecule has 0 aliphatic carbocycles. The van der Waals surface area contributed by atoms with Gasteiger partial charge in [-0.1, -0.05) is 0 Å². The Morgan fingerprint density at radius 3 is 2.94 bits per heavy atom. The molecule has 0 saturated carbocycles. The molecule has 0 amide bonds. The predicted molar refractivity (Wildman–Crippen MR) is 66.3 cm³/mol. The summed E-state index contributed by atoms with van der Waals surface area (Å²) in [5.41, 5.74) is 6.85. The molecule has 1 unspecified atom stereocenters. The fourth-order valence-electron chi connectivity index (χ4n) is 1.66. The Labute approximate surface area is 103 Å². The second-order valence-electron chi connectivity index (χ2n) is 3.92. The van der Waals surface area contributed by atoms with Gasteiger partial charge in [0.05, 0.1) is 0 Å². The van der Waals surface area contributed by atoms with E-state index in [4.69, 9.17) is 15.2 Å². The third kappa shape index (κ3) is 1.87. The predicted octanol–water partition coefficient (Wildman–Crippen LogP) is 2.56. The Kier molecular flexibility index (Phi) is 2.49. The number of thiazole rings is 1. The number of nitrogens with two attached hydrogens (primary N) is 1. The van der Waals surface area contributed by atoms with Crippen molar-refractivity contribution < 1.29 is 9.47 Å². The lowest BCUT2D eigenvalue weighted by atomic mass is 10.2. The molecule has 0 radical (unpaired) electrons. The number of nitrogens with zero attached hydrogens (tertiary/aromatic N) is 1. The number of fused-ring (bicyclic) bond motifs is 1. The van der Waals surface area contributed by atoms with Gasteiger partial charge in [0.1, 0.15) is 5.01 Å². The van der Waals surface area contributed by atoms with Gasteiger partial charge in [0.2, 0.25) is 6.79 Å². The minimum atomic E-state index is 0.0234. The first kappa shape index (κ1) is 10.6. The first-order chi connectivity index (χ1) is 8.24. The molecule has 1 aliphatic heterocycles. The molecule has 2 heterocycles. The number of ether oxygens (including phenoxy) is 2. The van der Waals surface area contributed by atoms with Gasteiger partial charge in [0.25, 0.3) is 0 Å². The molecular formula is C12H12N2O2S. The van der Waals surface area contributed by atoms with E-state index in [1.54, 1.807) is 11.3 Å². The summed E-state index contributed by atoms with van der Waals surface area (Å²) in [5.74, 6) is 1.57. The van der Waals surface area contributed by atoms with Gasteiger partial charge in [0.15, 0.2) is 11.5 Å². The second kappa shape index (κ2) is 4.01. The van der Waals surface area contributed by atoms with Crippen molar-refractivity contribution in [2.24, 2.45) is 5.73 Å². The minimum absolute atomic E-state index is 0.0234. The van der Waals surface area contributed by atoms with Crippen molar-refractivity contribution in [3.05, 3.63) is 29.3 Å². The van der Waals surface area contributed by atoms with Gasteiger partial charge in [-0.05, 0) is 25.1 Å². The van der Waals surface area contributed by atoms with Crippen molar-refractivity contribution in [1.29, 1.82) is 0 Å². The smallest absolute Gasteiger partial charge is 0.231 e. The molecule has 4 nitrogen and oxygen atoms in total. The summed E-state index contributed by atoms with van der Waals surface area (Å²) < 4.78 is 10.6. The van der Waals surface area contributed by atoms with Gasteiger partial charge >= 0.3 is 0 Å². The van der Waals surface area contributed by atoms with Crippen LogP contribution >= 0.6 is 11.3 Å². The fraction of sp³-hybridized carbons (Fsp3) is 0.250. The quantitative estimate of drug-likeness (QED) is 0.887. The summed E-state index contributed by atoms with van der Waals surface area (Å²) in [6.07, 6.45) is 1.83.